The van der Waals surface area contributed by atoms with Gasteiger partial charge in [-0.15, -0.1) is 0 Å². The second-order valence-corrected chi connectivity index (χ2v) is 7.33. The molecule has 1 aliphatic heterocycles. The Kier molecular flexibility index (Phi) is 4.67. The lowest BCUT2D eigenvalue weighted by Crippen LogP contribution is -2.49. The minimum absolute atomic E-state index is 0.0367. The highest BCUT2D eigenvalue weighted by atomic mass is 32.2. The zero-order valence-corrected chi connectivity index (χ0v) is 12.8. The normalized spacial score (nSPS) is 23.9. The molecule has 2 N–H and O–H groups in total. The SMILES string of the molecule is CCS(=O)(=O)c1ccccc1N1CC(C)OC(CN)C1. The average molecular weight is 298 g/mol. The highest BCUT2D eigenvalue weighted by molar-refractivity contribution is 7.91. The van der Waals surface area contributed by atoms with Crippen molar-refractivity contribution in [3.63, 3.8) is 0 Å². The molecule has 0 spiro atoms. The van der Waals surface area contributed by atoms with Gasteiger partial charge in [-0.05, 0) is 19.1 Å². The number of anilines is 1. The number of sulfone groups is 1. The monoisotopic (exact) mass is 298 g/mol. The summed E-state index contributed by atoms with van der Waals surface area (Å²) in [6, 6.07) is 7.15. The molecule has 1 aromatic rings. The Hall–Kier alpha value is -1.11. The summed E-state index contributed by atoms with van der Waals surface area (Å²) in [5.74, 6) is 0.101. The maximum Gasteiger partial charge on any atom is 0.180 e. The maximum absolute atomic E-state index is 12.2. The molecule has 0 amide bonds. The number of ether oxygens (including phenoxy) is 1. The van der Waals surface area contributed by atoms with Gasteiger partial charge in [0.25, 0.3) is 0 Å². The van der Waals surface area contributed by atoms with Crippen LogP contribution < -0.4 is 10.6 Å². The summed E-state index contributed by atoms with van der Waals surface area (Å²) < 4.78 is 30.2. The molecule has 0 radical (unpaired) electrons. The topological polar surface area (TPSA) is 72.6 Å². The number of nitrogens with two attached hydrogens (primary N) is 1. The highest BCUT2D eigenvalue weighted by Gasteiger charge is 2.28. The number of hydrogen-bond donors (Lipinski definition) is 1. The van der Waals surface area contributed by atoms with E-state index in [1.54, 1.807) is 19.1 Å². The number of rotatable bonds is 4. The molecule has 1 aromatic carbocycles. The molecule has 0 saturated carbocycles. The fourth-order valence-corrected chi connectivity index (χ4v) is 3.62. The Morgan fingerprint density at radius 1 is 1.35 bits per heavy atom. The minimum atomic E-state index is -3.23. The van der Waals surface area contributed by atoms with Crippen LogP contribution in [0.25, 0.3) is 0 Å². The van der Waals surface area contributed by atoms with E-state index in [-0.39, 0.29) is 18.0 Å². The summed E-state index contributed by atoms with van der Waals surface area (Å²) in [5.41, 5.74) is 6.44. The molecule has 1 saturated heterocycles. The first-order valence-corrected chi connectivity index (χ1v) is 8.55. The van der Waals surface area contributed by atoms with Crippen LogP contribution in [0.4, 0.5) is 5.69 Å². The van der Waals surface area contributed by atoms with E-state index in [1.165, 1.54) is 0 Å². The zero-order chi connectivity index (χ0) is 14.8. The van der Waals surface area contributed by atoms with Gasteiger partial charge in [0, 0.05) is 19.6 Å². The third kappa shape index (κ3) is 3.13. The summed E-state index contributed by atoms with van der Waals surface area (Å²) in [7, 11) is -3.23. The van der Waals surface area contributed by atoms with Crippen LogP contribution >= 0.6 is 0 Å². The molecule has 2 rings (SSSR count). The smallest absolute Gasteiger partial charge is 0.180 e. The van der Waals surface area contributed by atoms with Crippen molar-refractivity contribution in [2.24, 2.45) is 5.73 Å². The van der Waals surface area contributed by atoms with Crippen LogP contribution in [0.1, 0.15) is 13.8 Å². The van der Waals surface area contributed by atoms with Crippen LogP contribution in [0, 0.1) is 0 Å². The molecule has 2 atom stereocenters. The van der Waals surface area contributed by atoms with Gasteiger partial charge in [0.15, 0.2) is 9.84 Å². The van der Waals surface area contributed by atoms with Crippen LogP contribution in [0.3, 0.4) is 0 Å². The number of benzene rings is 1. The van der Waals surface area contributed by atoms with E-state index in [1.807, 2.05) is 19.1 Å². The first-order chi connectivity index (χ1) is 9.47. The van der Waals surface area contributed by atoms with E-state index in [0.717, 1.165) is 5.69 Å². The molecule has 1 fully saturated rings. The molecular formula is C14H22N2O3S. The lowest BCUT2D eigenvalue weighted by atomic mass is 10.2. The predicted molar refractivity (Wildman–Crippen MR) is 79.8 cm³/mol. The Bertz CT molecular complexity index is 559. The summed E-state index contributed by atoms with van der Waals surface area (Å²) in [6.07, 6.45) is -0.0224. The third-order valence-corrected chi connectivity index (χ3v) is 5.29. The predicted octanol–water partition coefficient (Wildman–Crippen LogP) is 1.03. The van der Waals surface area contributed by atoms with Gasteiger partial charge >= 0.3 is 0 Å². The van der Waals surface area contributed by atoms with Gasteiger partial charge in [0.2, 0.25) is 0 Å². The van der Waals surface area contributed by atoms with E-state index < -0.39 is 9.84 Å². The molecule has 0 aliphatic carbocycles. The van der Waals surface area contributed by atoms with E-state index in [9.17, 15) is 8.42 Å². The zero-order valence-electron chi connectivity index (χ0n) is 12.0. The van der Waals surface area contributed by atoms with Crippen LogP contribution in [-0.4, -0.2) is 46.0 Å². The second-order valence-electron chi connectivity index (χ2n) is 5.08. The van der Waals surface area contributed by atoms with Gasteiger partial charge in [-0.2, -0.15) is 0 Å². The fourth-order valence-electron chi connectivity index (χ4n) is 2.51. The number of para-hydroxylation sites is 1. The van der Waals surface area contributed by atoms with Gasteiger partial charge in [-0.1, -0.05) is 19.1 Å². The van der Waals surface area contributed by atoms with Crippen LogP contribution in [0.5, 0.6) is 0 Å². The summed E-state index contributed by atoms with van der Waals surface area (Å²) in [5, 5.41) is 0. The molecule has 20 heavy (non-hydrogen) atoms. The quantitative estimate of drug-likeness (QED) is 0.899. The van der Waals surface area contributed by atoms with Gasteiger partial charge < -0.3 is 15.4 Å². The molecule has 1 heterocycles. The Morgan fingerprint density at radius 3 is 2.70 bits per heavy atom. The van der Waals surface area contributed by atoms with E-state index in [2.05, 4.69) is 4.90 Å². The first-order valence-electron chi connectivity index (χ1n) is 6.90. The number of nitrogens with zero attached hydrogens (tertiary/aromatic N) is 1. The lowest BCUT2D eigenvalue weighted by molar-refractivity contribution is -0.0106. The van der Waals surface area contributed by atoms with E-state index in [4.69, 9.17) is 10.5 Å². The van der Waals surface area contributed by atoms with Gasteiger partial charge in [0.05, 0.1) is 28.5 Å². The van der Waals surface area contributed by atoms with Crippen LogP contribution in [0.15, 0.2) is 29.2 Å². The minimum Gasteiger partial charge on any atom is -0.370 e. The van der Waals surface area contributed by atoms with Crippen molar-refractivity contribution in [3.05, 3.63) is 24.3 Å². The number of morpholine rings is 1. The van der Waals surface area contributed by atoms with Crippen molar-refractivity contribution < 1.29 is 13.2 Å². The lowest BCUT2D eigenvalue weighted by Gasteiger charge is -2.38. The average Bonchev–Trinajstić information content (AvgIpc) is 2.46. The number of hydrogen-bond acceptors (Lipinski definition) is 5. The van der Waals surface area contributed by atoms with Crippen molar-refractivity contribution in [3.8, 4) is 0 Å². The molecule has 1 aliphatic rings. The van der Waals surface area contributed by atoms with Crippen molar-refractivity contribution in [2.45, 2.75) is 31.0 Å². The van der Waals surface area contributed by atoms with Gasteiger partial charge in [-0.25, -0.2) is 8.42 Å². The van der Waals surface area contributed by atoms with E-state index >= 15 is 0 Å². The molecule has 0 aromatic heterocycles. The van der Waals surface area contributed by atoms with Gasteiger partial charge in [0.1, 0.15) is 0 Å². The molecule has 5 nitrogen and oxygen atoms in total. The highest BCUT2D eigenvalue weighted by Crippen LogP contribution is 2.28. The Balaban J connectivity index is 2.38. The van der Waals surface area contributed by atoms with Crippen LogP contribution in [0.2, 0.25) is 0 Å². The second kappa shape index (κ2) is 6.11. The summed E-state index contributed by atoms with van der Waals surface area (Å²) >= 11 is 0. The van der Waals surface area contributed by atoms with Gasteiger partial charge in [-0.3, -0.25) is 0 Å². The molecule has 0 bridgehead atoms. The molecular weight excluding hydrogens is 276 g/mol. The first kappa shape index (κ1) is 15.3. The van der Waals surface area contributed by atoms with Crippen molar-refractivity contribution in [2.75, 3.05) is 30.3 Å². The maximum atomic E-state index is 12.2. The molecule has 6 heteroatoms. The van der Waals surface area contributed by atoms with Crippen molar-refractivity contribution >= 4 is 15.5 Å². The summed E-state index contributed by atoms with van der Waals surface area (Å²) in [6.45, 7) is 5.37. The third-order valence-electron chi connectivity index (χ3n) is 3.51. The van der Waals surface area contributed by atoms with Crippen molar-refractivity contribution in [1.29, 1.82) is 0 Å². The molecule has 112 valence electrons. The van der Waals surface area contributed by atoms with Crippen LogP contribution in [-0.2, 0) is 14.6 Å². The largest absolute Gasteiger partial charge is 0.370 e. The fraction of sp³-hybridized carbons (Fsp3) is 0.571. The van der Waals surface area contributed by atoms with E-state index in [0.29, 0.717) is 24.5 Å². The Morgan fingerprint density at radius 2 is 2.05 bits per heavy atom. The Labute approximate surface area is 120 Å². The van der Waals surface area contributed by atoms with Crippen molar-refractivity contribution in [1.82, 2.24) is 0 Å². The summed E-state index contributed by atoms with van der Waals surface area (Å²) in [4.78, 5) is 2.46. The molecule has 2 unspecified atom stereocenters. The standard InChI is InChI=1S/C14H22N2O3S/c1-3-20(17,18)14-7-5-4-6-13(14)16-9-11(2)19-12(8-15)10-16/h4-7,11-12H,3,8-10,15H2,1-2H3.